The molecule has 1 aromatic carbocycles. The highest BCUT2D eigenvalue weighted by molar-refractivity contribution is 6.33. The van der Waals surface area contributed by atoms with Gasteiger partial charge in [-0.3, -0.25) is 4.79 Å². The van der Waals surface area contributed by atoms with Crippen molar-refractivity contribution in [3.8, 4) is 5.69 Å². The summed E-state index contributed by atoms with van der Waals surface area (Å²) in [5, 5.41) is 7.35. The Balaban J connectivity index is 2.39. The molecule has 0 saturated carbocycles. The summed E-state index contributed by atoms with van der Waals surface area (Å²) in [5.74, 6) is 0.0362. The molecule has 0 saturated heterocycles. The maximum Gasteiger partial charge on any atom is 0.231 e. The number of alkyl halides is 1. The highest BCUT2D eigenvalue weighted by atomic mass is 35.5. The number of nitrogens with one attached hydrogen (secondary N) is 1. The monoisotopic (exact) mass is 312 g/mol. The highest BCUT2D eigenvalue weighted by Crippen LogP contribution is 2.29. The summed E-state index contributed by atoms with van der Waals surface area (Å²) < 4.78 is 1.51. The molecule has 0 spiro atoms. The van der Waals surface area contributed by atoms with E-state index in [4.69, 9.17) is 23.2 Å². The molecule has 0 aliphatic carbocycles. The van der Waals surface area contributed by atoms with Gasteiger partial charge in [-0.05, 0) is 26.0 Å². The lowest BCUT2D eigenvalue weighted by Crippen LogP contribution is -2.32. The van der Waals surface area contributed by atoms with Crippen LogP contribution in [0, 0.1) is 5.41 Å². The lowest BCUT2D eigenvalue weighted by molar-refractivity contribution is -0.122. The first-order valence-electron chi connectivity index (χ1n) is 5.96. The zero-order chi connectivity index (χ0) is 14.8. The van der Waals surface area contributed by atoms with Crippen molar-refractivity contribution in [2.75, 3.05) is 11.2 Å². The number of carbonyl (C=O) groups is 1. The van der Waals surface area contributed by atoms with Crippen LogP contribution in [0.15, 0.2) is 30.9 Å². The average molecular weight is 313 g/mol. The van der Waals surface area contributed by atoms with Gasteiger partial charge in [-0.25, -0.2) is 9.67 Å². The Kier molecular flexibility index (Phi) is 4.30. The second-order valence-corrected chi connectivity index (χ2v) is 5.62. The smallest absolute Gasteiger partial charge is 0.231 e. The van der Waals surface area contributed by atoms with Crippen LogP contribution in [0.25, 0.3) is 5.69 Å². The standard InChI is InChI=1S/C13H14Cl2N4O/c1-13(2,6-14)12(20)18-10-5-3-4-9(15)11(10)19-8-16-7-17-19/h3-5,7-8H,6H2,1-2H3,(H,18,20). The molecule has 0 atom stereocenters. The Morgan fingerprint density at radius 2 is 2.20 bits per heavy atom. The quantitative estimate of drug-likeness (QED) is 0.882. The van der Waals surface area contributed by atoms with E-state index in [1.165, 1.54) is 17.3 Å². The van der Waals surface area contributed by atoms with Crippen molar-refractivity contribution in [2.45, 2.75) is 13.8 Å². The van der Waals surface area contributed by atoms with E-state index >= 15 is 0 Å². The van der Waals surface area contributed by atoms with Gasteiger partial charge in [-0.15, -0.1) is 11.6 Å². The molecule has 0 unspecified atom stereocenters. The number of anilines is 1. The molecule has 20 heavy (non-hydrogen) atoms. The van der Waals surface area contributed by atoms with Crippen LogP contribution in [0.5, 0.6) is 0 Å². The number of amides is 1. The first kappa shape index (κ1) is 14.8. The normalized spacial score (nSPS) is 11.4. The van der Waals surface area contributed by atoms with Crippen molar-refractivity contribution in [2.24, 2.45) is 5.41 Å². The first-order chi connectivity index (χ1) is 9.45. The molecular formula is C13H14Cl2N4O. The fraction of sp³-hybridized carbons (Fsp3) is 0.308. The minimum absolute atomic E-state index is 0.184. The minimum atomic E-state index is -0.677. The van der Waals surface area contributed by atoms with E-state index in [1.807, 2.05) is 0 Å². The van der Waals surface area contributed by atoms with Gasteiger partial charge in [0.25, 0.3) is 0 Å². The van der Waals surface area contributed by atoms with Crippen molar-refractivity contribution in [3.63, 3.8) is 0 Å². The van der Waals surface area contributed by atoms with Gasteiger partial charge in [0, 0.05) is 5.88 Å². The molecule has 0 aliphatic heterocycles. The van der Waals surface area contributed by atoms with Crippen molar-refractivity contribution in [3.05, 3.63) is 35.9 Å². The van der Waals surface area contributed by atoms with Gasteiger partial charge in [0.1, 0.15) is 18.3 Å². The van der Waals surface area contributed by atoms with Crippen molar-refractivity contribution in [1.82, 2.24) is 14.8 Å². The maximum atomic E-state index is 12.2. The fourth-order valence-corrected chi connectivity index (χ4v) is 1.91. The molecule has 2 rings (SSSR count). The average Bonchev–Trinajstić information content (AvgIpc) is 2.92. The summed E-state index contributed by atoms with van der Waals surface area (Å²) in [6.07, 6.45) is 2.92. The molecule has 0 bridgehead atoms. The molecule has 0 radical (unpaired) electrons. The molecule has 1 N–H and O–H groups in total. The lowest BCUT2D eigenvalue weighted by atomic mass is 9.95. The molecule has 5 nitrogen and oxygen atoms in total. The highest BCUT2D eigenvalue weighted by Gasteiger charge is 2.27. The fourth-order valence-electron chi connectivity index (χ4n) is 1.52. The molecule has 1 aromatic heterocycles. The van der Waals surface area contributed by atoms with E-state index in [1.54, 1.807) is 32.0 Å². The van der Waals surface area contributed by atoms with E-state index in [0.29, 0.717) is 16.4 Å². The van der Waals surface area contributed by atoms with Crippen LogP contribution in [0.2, 0.25) is 5.02 Å². The van der Waals surface area contributed by atoms with E-state index in [9.17, 15) is 4.79 Å². The number of benzene rings is 1. The summed E-state index contributed by atoms with van der Waals surface area (Å²) in [4.78, 5) is 16.1. The molecule has 106 valence electrons. The summed E-state index contributed by atoms with van der Waals surface area (Å²) in [5.41, 5.74) is 0.459. The van der Waals surface area contributed by atoms with Crippen molar-refractivity contribution >= 4 is 34.8 Å². The van der Waals surface area contributed by atoms with Crippen LogP contribution in [-0.2, 0) is 4.79 Å². The largest absolute Gasteiger partial charge is 0.324 e. The summed E-state index contributed by atoms with van der Waals surface area (Å²) >= 11 is 12.0. The van der Waals surface area contributed by atoms with Gasteiger partial charge in [0.05, 0.1) is 16.1 Å². The number of para-hydroxylation sites is 1. The summed E-state index contributed by atoms with van der Waals surface area (Å²) in [7, 11) is 0. The zero-order valence-electron chi connectivity index (χ0n) is 11.1. The van der Waals surface area contributed by atoms with Crippen LogP contribution >= 0.6 is 23.2 Å². The van der Waals surface area contributed by atoms with E-state index in [0.717, 1.165) is 0 Å². The van der Waals surface area contributed by atoms with Crippen LogP contribution in [0.1, 0.15) is 13.8 Å². The maximum absolute atomic E-state index is 12.2. The Bertz CT molecular complexity index is 611. The van der Waals surface area contributed by atoms with Gasteiger partial charge < -0.3 is 5.32 Å². The second kappa shape index (κ2) is 5.81. The molecule has 0 aliphatic rings. The van der Waals surface area contributed by atoms with Gasteiger partial charge in [-0.2, -0.15) is 5.10 Å². The van der Waals surface area contributed by atoms with Crippen LogP contribution in [0.3, 0.4) is 0 Å². The SMILES string of the molecule is CC(C)(CCl)C(=O)Nc1cccc(Cl)c1-n1cncn1. The third-order valence-electron chi connectivity index (χ3n) is 2.83. The van der Waals surface area contributed by atoms with Crippen LogP contribution in [0.4, 0.5) is 5.69 Å². The molecule has 1 heterocycles. The number of hydrogen-bond acceptors (Lipinski definition) is 3. The lowest BCUT2D eigenvalue weighted by Gasteiger charge is -2.21. The van der Waals surface area contributed by atoms with Gasteiger partial charge in [0.15, 0.2) is 0 Å². The van der Waals surface area contributed by atoms with Crippen LogP contribution in [-0.4, -0.2) is 26.6 Å². The number of rotatable bonds is 4. The Labute approximate surface area is 126 Å². The van der Waals surface area contributed by atoms with E-state index < -0.39 is 5.41 Å². The number of aromatic nitrogens is 3. The first-order valence-corrected chi connectivity index (χ1v) is 6.88. The Morgan fingerprint density at radius 3 is 2.80 bits per heavy atom. The van der Waals surface area contributed by atoms with Gasteiger partial charge in [-0.1, -0.05) is 17.7 Å². The molecule has 2 aromatic rings. The number of carbonyl (C=O) groups excluding carboxylic acids is 1. The zero-order valence-corrected chi connectivity index (χ0v) is 12.6. The Morgan fingerprint density at radius 1 is 1.45 bits per heavy atom. The van der Waals surface area contributed by atoms with Crippen LogP contribution < -0.4 is 5.32 Å². The van der Waals surface area contributed by atoms with E-state index in [-0.39, 0.29) is 11.8 Å². The molecule has 7 heteroatoms. The molecular weight excluding hydrogens is 299 g/mol. The van der Waals surface area contributed by atoms with E-state index in [2.05, 4.69) is 15.4 Å². The van der Waals surface area contributed by atoms with Crippen molar-refractivity contribution in [1.29, 1.82) is 0 Å². The third-order valence-corrected chi connectivity index (χ3v) is 3.80. The predicted octanol–water partition coefficient (Wildman–Crippen LogP) is 3.12. The molecule has 0 fully saturated rings. The van der Waals surface area contributed by atoms with Gasteiger partial charge in [0.2, 0.25) is 5.91 Å². The minimum Gasteiger partial charge on any atom is -0.324 e. The number of halogens is 2. The molecule has 1 amide bonds. The summed E-state index contributed by atoms with van der Waals surface area (Å²) in [6, 6.07) is 5.23. The summed E-state index contributed by atoms with van der Waals surface area (Å²) in [6.45, 7) is 3.55. The predicted molar refractivity (Wildman–Crippen MR) is 79.5 cm³/mol. The topological polar surface area (TPSA) is 59.8 Å². The number of nitrogens with zero attached hydrogens (tertiary/aromatic N) is 3. The van der Waals surface area contributed by atoms with Gasteiger partial charge >= 0.3 is 0 Å². The third kappa shape index (κ3) is 2.94. The number of hydrogen-bond donors (Lipinski definition) is 1. The Hall–Kier alpha value is -1.59. The van der Waals surface area contributed by atoms with Crippen molar-refractivity contribution < 1.29 is 4.79 Å². The second-order valence-electron chi connectivity index (χ2n) is 4.95.